The molecule has 3 rings (SSSR count). The molecule has 0 aromatic heterocycles. The molecule has 1 aliphatic carbocycles. The molecule has 0 radical (unpaired) electrons. The quantitative estimate of drug-likeness (QED) is 0.805. The molecule has 0 bridgehead atoms. The number of nitrogens with zero attached hydrogens (tertiary/aromatic N) is 2. The molecular weight excluding hydrogens is 352 g/mol. The lowest BCUT2D eigenvalue weighted by atomic mass is 9.94. The molecule has 0 unspecified atom stereocenters. The number of sulfonamides is 1. The first kappa shape index (κ1) is 19.3. The first-order chi connectivity index (χ1) is 12.4. The molecular formula is C19H28N2O4S. The summed E-state index contributed by atoms with van der Waals surface area (Å²) in [7, 11) is -1.77. The summed E-state index contributed by atoms with van der Waals surface area (Å²) in [5.41, 5.74) is 1.28. The second kappa shape index (κ2) is 8.06. The van der Waals surface area contributed by atoms with E-state index in [-0.39, 0.29) is 16.8 Å². The summed E-state index contributed by atoms with van der Waals surface area (Å²) >= 11 is 0. The topological polar surface area (TPSA) is 66.9 Å². The van der Waals surface area contributed by atoms with Crippen LogP contribution in [0.1, 0.15) is 48.0 Å². The van der Waals surface area contributed by atoms with Crippen molar-refractivity contribution in [3.63, 3.8) is 0 Å². The van der Waals surface area contributed by atoms with Gasteiger partial charge in [-0.25, -0.2) is 8.42 Å². The number of hydrogen-bond donors (Lipinski definition) is 0. The maximum absolute atomic E-state index is 13.0. The van der Waals surface area contributed by atoms with E-state index in [9.17, 15) is 13.2 Å². The van der Waals surface area contributed by atoms with E-state index in [2.05, 4.69) is 0 Å². The third-order valence-electron chi connectivity index (χ3n) is 5.49. The van der Waals surface area contributed by atoms with E-state index < -0.39 is 10.0 Å². The van der Waals surface area contributed by atoms with Gasteiger partial charge < -0.3 is 9.64 Å². The Balaban J connectivity index is 1.86. The second-order valence-corrected chi connectivity index (χ2v) is 9.14. The van der Waals surface area contributed by atoms with Crippen LogP contribution in [0.5, 0.6) is 0 Å². The van der Waals surface area contributed by atoms with Gasteiger partial charge in [-0.2, -0.15) is 4.31 Å². The first-order valence-corrected chi connectivity index (χ1v) is 10.8. The Morgan fingerprint density at radius 3 is 2.46 bits per heavy atom. The summed E-state index contributed by atoms with van der Waals surface area (Å²) in [6.07, 6.45) is 5.56. The molecule has 0 atom stereocenters. The van der Waals surface area contributed by atoms with Gasteiger partial charge in [0.05, 0.1) is 18.1 Å². The standard InChI is InChI=1S/C19H28N2O4S/c1-15-8-9-17(26(23,24)21-10-12-25-13-11-21)14-18(15)19(22)20(2)16-6-4-3-5-7-16/h8-9,14,16H,3-7,10-13H2,1-2H3. The van der Waals surface area contributed by atoms with Gasteiger partial charge in [-0.05, 0) is 37.5 Å². The predicted octanol–water partition coefficient (Wildman–Crippen LogP) is 2.42. The maximum Gasteiger partial charge on any atom is 0.254 e. The number of benzene rings is 1. The molecule has 0 N–H and O–H groups in total. The van der Waals surface area contributed by atoms with Gasteiger partial charge in [-0.15, -0.1) is 0 Å². The van der Waals surface area contributed by atoms with Crippen LogP contribution < -0.4 is 0 Å². The number of carbonyl (C=O) groups excluding carboxylic acids is 1. The molecule has 26 heavy (non-hydrogen) atoms. The normalized spacial score (nSPS) is 20.1. The highest BCUT2D eigenvalue weighted by molar-refractivity contribution is 7.89. The average Bonchev–Trinajstić information content (AvgIpc) is 2.68. The lowest BCUT2D eigenvalue weighted by Gasteiger charge is -2.32. The van der Waals surface area contributed by atoms with E-state index in [4.69, 9.17) is 4.74 Å². The van der Waals surface area contributed by atoms with Crippen LogP contribution in [0.15, 0.2) is 23.1 Å². The molecule has 144 valence electrons. The summed E-state index contributed by atoms with van der Waals surface area (Å²) in [5.74, 6) is -0.0894. The van der Waals surface area contributed by atoms with E-state index in [0.717, 1.165) is 31.2 Å². The van der Waals surface area contributed by atoms with Crippen molar-refractivity contribution in [1.29, 1.82) is 0 Å². The molecule has 1 aliphatic heterocycles. The summed E-state index contributed by atoms with van der Waals surface area (Å²) in [4.78, 5) is 15.0. The molecule has 1 saturated carbocycles. The summed E-state index contributed by atoms with van der Waals surface area (Å²) in [5, 5.41) is 0. The fraction of sp³-hybridized carbons (Fsp3) is 0.632. The molecule has 1 saturated heterocycles. The zero-order valence-corrected chi connectivity index (χ0v) is 16.4. The Bertz CT molecular complexity index is 751. The number of aryl methyl sites for hydroxylation is 1. The summed E-state index contributed by atoms with van der Waals surface area (Å²) < 4.78 is 32.5. The van der Waals surface area contributed by atoms with Crippen molar-refractivity contribution in [3.05, 3.63) is 29.3 Å². The fourth-order valence-electron chi connectivity index (χ4n) is 3.75. The number of hydrogen-bond acceptors (Lipinski definition) is 4. The smallest absolute Gasteiger partial charge is 0.254 e. The van der Waals surface area contributed by atoms with Gasteiger partial charge in [0, 0.05) is 31.7 Å². The van der Waals surface area contributed by atoms with E-state index in [1.807, 2.05) is 14.0 Å². The van der Waals surface area contributed by atoms with E-state index in [1.54, 1.807) is 23.1 Å². The Kier molecular flexibility index (Phi) is 5.99. The molecule has 0 spiro atoms. The number of amides is 1. The predicted molar refractivity (Wildman–Crippen MR) is 99.7 cm³/mol. The van der Waals surface area contributed by atoms with Crippen molar-refractivity contribution in [2.75, 3.05) is 33.4 Å². The Morgan fingerprint density at radius 1 is 1.15 bits per heavy atom. The molecule has 1 amide bonds. The van der Waals surface area contributed by atoms with Gasteiger partial charge in [-0.1, -0.05) is 25.3 Å². The Labute approximate surface area is 156 Å². The van der Waals surface area contributed by atoms with Crippen molar-refractivity contribution in [1.82, 2.24) is 9.21 Å². The molecule has 2 aliphatic rings. The van der Waals surface area contributed by atoms with Crippen LogP contribution in [0, 0.1) is 6.92 Å². The van der Waals surface area contributed by atoms with Gasteiger partial charge in [0.1, 0.15) is 0 Å². The van der Waals surface area contributed by atoms with Crippen LogP contribution in [-0.2, 0) is 14.8 Å². The van der Waals surface area contributed by atoms with E-state index >= 15 is 0 Å². The highest BCUT2D eigenvalue weighted by atomic mass is 32.2. The highest BCUT2D eigenvalue weighted by Crippen LogP contribution is 2.25. The summed E-state index contributed by atoms with van der Waals surface area (Å²) in [6.45, 7) is 3.36. The minimum Gasteiger partial charge on any atom is -0.379 e. The van der Waals surface area contributed by atoms with Crippen LogP contribution in [0.3, 0.4) is 0 Å². The lowest BCUT2D eigenvalue weighted by molar-refractivity contribution is 0.0694. The van der Waals surface area contributed by atoms with Gasteiger partial charge in [0.2, 0.25) is 10.0 Å². The third-order valence-corrected chi connectivity index (χ3v) is 7.38. The van der Waals surface area contributed by atoms with Crippen LogP contribution in [-0.4, -0.2) is 62.9 Å². The molecule has 7 heteroatoms. The molecule has 1 aromatic carbocycles. The molecule has 1 heterocycles. The number of rotatable bonds is 4. The van der Waals surface area contributed by atoms with Gasteiger partial charge in [-0.3, -0.25) is 4.79 Å². The van der Waals surface area contributed by atoms with Gasteiger partial charge in [0.15, 0.2) is 0 Å². The average molecular weight is 381 g/mol. The largest absolute Gasteiger partial charge is 0.379 e. The molecule has 2 fully saturated rings. The van der Waals surface area contributed by atoms with E-state index in [0.29, 0.717) is 31.9 Å². The van der Waals surface area contributed by atoms with Crippen molar-refractivity contribution >= 4 is 15.9 Å². The van der Waals surface area contributed by atoms with Crippen molar-refractivity contribution in [2.24, 2.45) is 0 Å². The first-order valence-electron chi connectivity index (χ1n) is 9.37. The maximum atomic E-state index is 13.0. The zero-order chi connectivity index (χ0) is 18.7. The van der Waals surface area contributed by atoms with Crippen LogP contribution >= 0.6 is 0 Å². The highest BCUT2D eigenvalue weighted by Gasteiger charge is 2.29. The molecule has 1 aromatic rings. The number of carbonyl (C=O) groups is 1. The third kappa shape index (κ3) is 3.94. The van der Waals surface area contributed by atoms with E-state index in [1.165, 1.54) is 10.7 Å². The minimum atomic E-state index is -3.60. The zero-order valence-electron chi connectivity index (χ0n) is 15.6. The number of morpholine rings is 1. The van der Waals surface area contributed by atoms with Gasteiger partial charge >= 0.3 is 0 Å². The lowest BCUT2D eigenvalue weighted by Crippen LogP contribution is -2.41. The van der Waals surface area contributed by atoms with Crippen LogP contribution in [0.25, 0.3) is 0 Å². The Morgan fingerprint density at radius 2 is 1.81 bits per heavy atom. The minimum absolute atomic E-state index is 0.0894. The van der Waals surface area contributed by atoms with Gasteiger partial charge in [0.25, 0.3) is 5.91 Å². The second-order valence-electron chi connectivity index (χ2n) is 7.20. The molecule has 6 nitrogen and oxygen atoms in total. The van der Waals surface area contributed by atoms with Crippen LogP contribution in [0.2, 0.25) is 0 Å². The van der Waals surface area contributed by atoms with Crippen molar-refractivity contribution < 1.29 is 17.9 Å². The Hall–Kier alpha value is -1.44. The fourth-order valence-corrected chi connectivity index (χ4v) is 5.19. The van der Waals surface area contributed by atoms with Crippen molar-refractivity contribution in [2.45, 2.75) is 50.0 Å². The monoisotopic (exact) mass is 380 g/mol. The van der Waals surface area contributed by atoms with Crippen molar-refractivity contribution in [3.8, 4) is 0 Å². The number of ether oxygens (including phenoxy) is 1. The SMILES string of the molecule is Cc1ccc(S(=O)(=O)N2CCOCC2)cc1C(=O)N(C)C1CCCCC1. The summed E-state index contributed by atoms with van der Waals surface area (Å²) in [6, 6.07) is 5.12. The van der Waals surface area contributed by atoms with Crippen LogP contribution in [0.4, 0.5) is 0 Å².